The van der Waals surface area contributed by atoms with Crippen molar-refractivity contribution < 1.29 is 9.13 Å². The van der Waals surface area contributed by atoms with Gasteiger partial charge >= 0.3 is 0 Å². The maximum Gasteiger partial charge on any atom is 0.131 e. The van der Waals surface area contributed by atoms with Gasteiger partial charge in [-0.05, 0) is 75.6 Å². The summed E-state index contributed by atoms with van der Waals surface area (Å²) in [6.07, 6.45) is 8.50. The normalized spacial score (nSPS) is 21.9. The summed E-state index contributed by atoms with van der Waals surface area (Å²) in [6, 6.07) is 8.25. The highest BCUT2D eigenvalue weighted by Crippen LogP contribution is 2.34. The summed E-state index contributed by atoms with van der Waals surface area (Å²) in [5.74, 6) is 1.21. The third-order valence-electron chi connectivity index (χ3n) is 6.42. The van der Waals surface area contributed by atoms with E-state index in [1.165, 1.54) is 18.9 Å². The van der Waals surface area contributed by atoms with Crippen LogP contribution in [0.3, 0.4) is 0 Å². The fourth-order valence-electron chi connectivity index (χ4n) is 4.46. The summed E-state index contributed by atoms with van der Waals surface area (Å²) in [5, 5.41) is 11.0. The van der Waals surface area contributed by atoms with Gasteiger partial charge in [-0.1, -0.05) is 11.6 Å². The molecule has 0 spiro atoms. The highest BCUT2D eigenvalue weighted by atomic mass is 35.5. The molecule has 3 N–H and O–H groups in total. The van der Waals surface area contributed by atoms with Crippen LogP contribution < -0.4 is 16.0 Å². The van der Waals surface area contributed by atoms with Crippen LogP contribution in [0.15, 0.2) is 30.5 Å². The third-order valence-corrected chi connectivity index (χ3v) is 6.72. The molecule has 0 saturated heterocycles. The molecule has 174 valence electrons. The number of methoxy groups -OCH3 is 1. The predicted octanol–water partition coefficient (Wildman–Crippen LogP) is 5.71. The van der Waals surface area contributed by atoms with Gasteiger partial charge in [0.15, 0.2) is 0 Å². The molecule has 1 aromatic carbocycles. The van der Waals surface area contributed by atoms with E-state index in [-0.39, 0.29) is 5.82 Å². The highest BCUT2D eigenvalue weighted by molar-refractivity contribution is 6.33. The topological polar surface area (TPSA) is 58.2 Å². The zero-order valence-corrected chi connectivity index (χ0v) is 19.7. The van der Waals surface area contributed by atoms with Crippen LogP contribution in [0.5, 0.6) is 0 Å². The number of rotatable bonds is 10. The average molecular weight is 461 g/mol. The second-order valence-electron chi connectivity index (χ2n) is 9.28. The lowest BCUT2D eigenvalue weighted by atomic mass is 9.90. The minimum atomic E-state index is -0.280. The zero-order chi connectivity index (χ0) is 22.5. The minimum Gasteiger partial charge on any atom is -0.385 e. The van der Waals surface area contributed by atoms with Gasteiger partial charge in [0.25, 0.3) is 0 Å². The number of anilines is 2. The Balaban J connectivity index is 1.39. The quantitative estimate of drug-likeness (QED) is 0.424. The molecule has 0 amide bonds. The van der Waals surface area contributed by atoms with Crippen LogP contribution in [-0.2, 0) is 4.74 Å². The molecular weight excluding hydrogens is 427 g/mol. The average Bonchev–Trinajstić information content (AvgIpc) is 3.61. The number of ether oxygens (including phenoxy) is 1. The molecule has 0 unspecified atom stereocenters. The minimum absolute atomic E-state index is 0.280. The van der Waals surface area contributed by atoms with Crippen molar-refractivity contribution in [1.82, 2.24) is 10.3 Å². The third kappa shape index (κ3) is 6.33. The van der Waals surface area contributed by atoms with Crippen LogP contribution in [0, 0.1) is 11.7 Å². The number of hydrogen-bond acceptors (Lipinski definition) is 5. The Bertz CT molecular complexity index is 900. The molecule has 0 radical (unpaired) electrons. The molecule has 0 bridgehead atoms. The van der Waals surface area contributed by atoms with E-state index in [1.807, 2.05) is 12.1 Å². The Morgan fingerprint density at radius 2 is 1.84 bits per heavy atom. The zero-order valence-electron chi connectivity index (χ0n) is 19.0. The molecule has 1 atom stereocenters. The van der Waals surface area contributed by atoms with E-state index in [2.05, 4.69) is 27.9 Å². The molecular formula is C25H34ClFN4O. The SMILES string of the molecule is COC[C@H](C)N[C@H]1CC[C@H](Nc2cc(-c3cc(NCC4CC4)ccc3F)c(Cl)cn2)CC1. The number of halogens is 2. The second-order valence-corrected chi connectivity index (χ2v) is 9.69. The summed E-state index contributed by atoms with van der Waals surface area (Å²) < 4.78 is 19.9. The second kappa shape index (κ2) is 10.8. The number of benzene rings is 1. The summed E-state index contributed by atoms with van der Waals surface area (Å²) >= 11 is 6.43. The Morgan fingerprint density at radius 1 is 1.09 bits per heavy atom. The van der Waals surface area contributed by atoms with Crippen LogP contribution in [-0.4, -0.2) is 43.4 Å². The van der Waals surface area contributed by atoms with E-state index in [0.717, 1.165) is 56.3 Å². The van der Waals surface area contributed by atoms with Gasteiger partial charge in [-0.3, -0.25) is 0 Å². The largest absolute Gasteiger partial charge is 0.385 e. The smallest absolute Gasteiger partial charge is 0.131 e. The van der Waals surface area contributed by atoms with Gasteiger partial charge in [0.2, 0.25) is 0 Å². The van der Waals surface area contributed by atoms with Crippen molar-refractivity contribution in [2.45, 2.75) is 63.6 Å². The fourth-order valence-corrected chi connectivity index (χ4v) is 4.67. The molecule has 1 heterocycles. The Morgan fingerprint density at radius 3 is 2.56 bits per heavy atom. The van der Waals surface area contributed by atoms with E-state index in [9.17, 15) is 4.39 Å². The van der Waals surface area contributed by atoms with Crippen molar-refractivity contribution in [1.29, 1.82) is 0 Å². The van der Waals surface area contributed by atoms with Crippen molar-refractivity contribution in [3.05, 3.63) is 41.3 Å². The first-order valence-corrected chi connectivity index (χ1v) is 12.1. The molecule has 1 aromatic heterocycles. The Kier molecular flexibility index (Phi) is 7.87. The van der Waals surface area contributed by atoms with Gasteiger partial charge in [0, 0.05) is 54.8 Å². The van der Waals surface area contributed by atoms with Gasteiger partial charge in [-0.2, -0.15) is 0 Å². The van der Waals surface area contributed by atoms with Crippen molar-refractivity contribution in [3.63, 3.8) is 0 Å². The molecule has 7 heteroatoms. The van der Waals surface area contributed by atoms with Gasteiger partial charge in [-0.25, -0.2) is 9.37 Å². The van der Waals surface area contributed by atoms with Crippen LogP contribution in [0.2, 0.25) is 5.02 Å². The van der Waals surface area contributed by atoms with Crippen LogP contribution in [0.4, 0.5) is 15.9 Å². The van der Waals surface area contributed by atoms with Crippen molar-refractivity contribution in [2.24, 2.45) is 5.92 Å². The molecule has 4 rings (SSSR count). The van der Waals surface area contributed by atoms with Crippen LogP contribution in [0.25, 0.3) is 11.1 Å². The maximum atomic E-state index is 14.7. The van der Waals surface area contributed by atoms with Crippen molar-refractivity contribution in [2.75, 3.05) is 30.9 Å². The summed E-state index contributed by atoms with van der Waals surface area (Å²) in [4.78, 5) is 4.46. The molecule has 2 aromatic rings. The van der Waals surface area contributed by atoms with E-state index in [4.69, 9.17) is 16.3 Å². The summed E-state index contributed by atoms with van der Waals surface area (Å²) in [5.41, 5.74) is 2.09. The number of hydrogen-bond donors (Lipinski definition) is 3. The molecule has 32 heavy (non-hydrogen) atoms. The molecule has 0 aliphatic heterocycles. The maximum absolute atomic E-state index is 14.7. The predicted molar refractivity (Wildman–Crippen MR) is 130 cm³/mol. The summed E-state index contributed by atoms with van der Waals surface area (Å²) in [6.45, 7) is 3.82. The first-order chi connectivity index (χ1) is 15.5. The number of nitrogens with one attached hydrogen (secondary N) is 3. The number of nitrogens with zero attached hydrogens (tertiary/aromatic N) is 1. The molecule has 5 nitrogen and oxygen atoms in total. The monoisotopic (exact) mass is 460 g/mol. The van der Waals surface area contributed by atoms with Crippen LogP contribution in [0.1, 0.15) is 45.4 Å². The highest BCUT2D eigenvalue weighted by Gasteiger charge is 2.23. The van der Waals surface area contributed by atoms with E-state index in [0.29, 0.717) is 34.3 Å². The fraction of sp³-hybridized carbons (Fsp3) is 0.560. The Labute approximate surface area is 195 Å². The van der Waals surface area contributed by atoms with E-state index < -0.39 is 0 Å². The lowest BCUT2D eigenvalue weighted by Gasteiger charge is -2.32. The lowest BCUT2D eigenvalue weighted by molar-refractivity contribution is 0.161. The number of aromatic nitrogens is 1. The Hall–Kier alpha value is -1.89. The van der Waals surface area contributed by atoms with E-state index in [1.54, 1.807) is 19.4 Å². The lowest BCUT2D eigenvalue weighted by Crippen LogP contribution is -2.42. The molecule has 2 fully saturated rings. The van der Waals surface area contributed by atoms with Gasteiger partial charge in [-0.15, -0.1) is 0 Å². The first-order valence-electron chi connectivity index (χ1n) is 11.7. The molecule has 2 aliphatic carbocycles. The number of pyridine rings is 1. The van der Waals surface area contributed by atoms with Crippen LogP contribution >= 0.6 is 11.6 Å². The van der Waals surface area contributed by atoms with Gasteiger partial charge in [0.05, 0.1) is 11.6 Å². The molecule has 2 aliphatic rings. The molecule has 2 saturated carbocycles. The standard InChI is InChI=1S/C25H34ClFN4O/c1-16(15-32-2)30-18-5-7-19(8-6-18)31-25-12-21(23(26)14-29-25)22-11-20(9-10-24(22)27)28-13-17-3-4-17/h9-12,14,16-19,28,30H,3-8,13,15H2,1-2H3,(H,29,31)/t16-,18-,19-/m0/s1. The van der Waals surface area contributed by atoms with Gasteiger partial charge < -0.3 is 20.7 Å². The van der Waals surface area contributed by atoms with Crippen molar-refractivity contribution >= 4 is 23.1 Å². The summed E-state index contributed by atoms with van der Waals surface area (Å²) in [7, 11) is 1.74. The van der Waals surface area contributed by atoms with E-state index >= 15 is 0 Å². The van der Waals surface area contributed by atoms with Crippen molar-refractivity contribution in [3.8, 4) is 11.1 Å². The first kappa shape index (κ1) is 23.3. The van der Waals surface area contributed by atoms with Gasteiger partial charge in [0.1, 0.15) is 11.6 Å².